The average Bonchev–Trinajstić information content (AvgIpc) is 3.23. The number of anilines is 1. The van der Waals surface area contributed by atoms with Crippen molar-refractivity contribution < 1.29 is 9.59 Å². The number of nitrogens with zero attached hydrogens (tertiary/aromatic N) is 4. The summed E-state index contributed by atoms with van der Waals surface area (Å²) in [5.74, 6) is 0.273. The maximum atomic E-state index is 13.4. The number of benzene rings is 2. The van der Waals surface area contributed by atoms with Gasteiger partial charge in [0.15, 0.2) is 5.16 Å². The first-order chi connectivity index (χ1) is 17.1. The molecule has 188 valence electrons. The SMILES string of the molecule is Cc1cccc(NC(=O)CSc2nnc3n(CC(C)C)c(=O)c4ccc(C(=O)NC(C)C)cc4n23)c1. The number of carbonyl (C=O) groups is 2. The number of aromatic nitrogens is 4. The summed E-state index contributed by atoms with van der Waals surface area (Å²) in [5, 5.41) is 15.3. The Balaban J connectivity index is 1.75. The Kier molecular flexibility index (Phi) is 7.44. The van der Waals surface area contributed by atoms with Crippen LogP contribution in [0.2, 0.25) is 0 Å². The fraction of sp³-hybridized carbons (Fsp3) is 0.346. The molecule has 2 aromatic carbocycles. The van der Waals surface area contributed by atoms with E-state index in [1.807, 2.05) is 58.9 Å². The van der Waals surface area contributed by atoms with Crippen LogP contribution in [0, 0.1) is 12.8 Å². The Morgan fingerprint density at radius 1 is 1.06 bits per heavy atom. The van der Waals surface area contributed by atoms with Crippen LogP contribution in [0.25, 0.3) is 16.7 Å². The van der Waals surface area contributed by atoms with Gasteiger partial charge in [-0.3, -0.25) is 23.4 Å². The van der Waals surface area contributed by atoms with Gasteiger partial charge in [0, 0.05) is 23.8 Å². The second-order valence-corrected chi connectivity index (χ2v) is 10.4. The molecule has 10 heteroatoms. The zero-order valence-corrected chi connectivity index (χ0v) is 21.8. The van der Waals surface area contributed by atoms with Crippen LogP contribution in [0.4, 0.5) is 5.69 Å². The predicted octanol–water partition coefficient (Wildman–Crippen LogP) is 3.88. The second-order valence-electron chi connectivity index (χ2n) is 9.49. The van der Waals surface area contributed by atoms with Gasteiger partial charge in [-0.15, -0.1) is 10.2 Å². The molecule has 4 aromatic rings. The van der Waals surface area contributed by atoms with Gasteiger partial charge in [0.1, 0.15) is 0 Å². The zero-order valence-electron chi connectivity index (χ0n) is 21.0. The van der Waals surface area contributed by atoms with Crippen molar-refractivity contribution in [2.75, 3.05) is 11.1 Å². The highest BCUT2D eigenvalue weighted by Gasteiger charge is 2.20. The molecule has 0 spiro atoms. The molecule has 0 bridgehead atoms. The molecule has 0 saturated heterocycles. The summed E-state index contributed by atoms with van der Waals surface area (Å²) < 4.78 is 3.36. The van der Waals surface area contributed by atoms with Crippen LogP contribution in [0.5, 0.6) is 0 Å². The van der Waals surface area contributed by atoms with Gasteiger partial charge in [-0.05, 0) is 62.6 Å². The Morgan fingerprint density at radius 3 is 2.53 bits per heavy atom. The summed E-state index contributed by atoms with van der Waals surface area (Å²) >= 11 is 1.22. The van der Waals surface area contributed by atoms with Crippen LogP contribution in [-0.4, -0.2) is 42.8 Å². The summed E-state index contributed by atoms with van der Waals surface area (Å²) in [4.78, 5) is 38.7. The minimum Gasteiger partial charge on any atom is -0.350 e. The van der Waals surface area contributed by atoms with E-state index in [1.54, 1.807) is 27.2 Å². The van der Waals surface area contributed by atoms with E-state index in [4.69, 9.17) is 0 Å². The van der Waals surface area contributed by atoms with Crippen molar-refractivity contribution in [1.82, 2.24) is 24.5 Å². The van der Waals surface area contributed by atoms with Gasteiger partial charge in [0.25, 0.3) is 11.5 Å². The number of nitrogens with one attached hydrogen (secondary N) is 2. The van der Waals surface area contributed by atoms with Gasteiger partial charge in [0.05, 0.1) is 16.7 Å². The number of hydrogen-bond donors (Lipinski definition) is 2. The van der Waals surface area contributed by atoms with Gasteiger partial charge in [-0.2, -0.15) is 0 Å². The van der Waals surface area contributed by atoms with Crippen molar-refractivity contribution in [3.8, 4) is 0 Å². The monoisotopic (exact) mass is 506 g/mol. The summed E-state index contributed by atoms with van der Waals surface area (Å²) in [5.41, 5.74) is 2.54. The molecule has 0 atom stereocenters. The first-order valence-corrected chi connectivity index (χ1v) is 12.8. The Bertz CT molecular complexity index is 1510. The van der Waals surface area contributed by atoms with Gasteiger partial charge in [-0.1, -0.05) is 37.7 Å². The van der Waals surface area contributed by atoms with Crippen molar-refractivity contribution in [2.45, 2.75) is 52.4 Å². The first-order valence-electron chi connectivity index (χ1n) is 11.9. The van der Waals surface area contributed by atoms with Crippen molar-refractivity contribution in [1.29, 1.82) is 0 Å². The molecular weight excluding hydrogens is 476 g/mol. The maximum absolute atomic E-state index is 13.4. The van der Waals surface area contributed by atoms with E-state index >= 15 is 0 Å². The minimum atomic E-state index is -0.230. The van der Waals surface area contributed by atoms with Crippen LogP contribution >= 0.6 is 11.8 Å². The van der Waals surface area contributed by atoms with Crippen molar-refractivity contribution in [2.24, 2.45) is 5.92 Å². The van der Waals surface area contributed by atoms with Crippen LogP contribution in [0.3, 0.4) is 0 Å². The van der Waals surface area contributed by atoms with Gasteiger partial charge in [0.2, 0.25) is 11.7 Å². The summed E-state index contributed by atoms with van der Waals surface area (Å²) in [6, 6.07) is 12.6. The summed E-state index contributed by atoms with van der Waals surface area (Å²) in [6.07, 6.45) is 0. The van der Waals surface area contributed by atoms with Gasteiger partial charge < -0.3 is 10.6 Å². The fourth-order valence-electron chi connectivity index (χ4n) is 3.94. The number of fused-ring (bicyclic) bond motifs is 3. The third-order valence-electron chi connectivity index (χ3n) is 5.44. The molecule has 9 nitrogen and oxygen atoms in total. The van der Waals surface area contributed by atoms with Crippen molar-refractivity contribution in [3.63, 3.8) is 0 Å². The van der Waals surface area contributed by atoms with E-state index in [1.165, 1.54) is 11.8 Å². The lowest BCUT2D eigenvalue weighted by molar-refractivity contribution is -0.113. The maximum Gasteiger partial charge on any atom is 0.262 e. The van der Waals surface area contributed by atoms with Gasteiger partial charge in [-0.25, -0.2) is 0 Å². The van der Waals surface area contributed by atoms with E-state index in [-0.39, 0.29) is 35.1 Å². The third-order valence-corrected chi connectivity index (χ3v) is 6.36. The van der Waals surface area contributed by atoms with Crippen molar-refractivity contribution in [3.05, 3.63) is 63.9 Å². The highest BCUT2D eigenvalue weighted by molar-refractivity contribution is 7.99. The summed E-state index contributed by atoms with van der Waals surface area (Å²) in [7, 11) is 0. The molecule has 0 radical (unpaired) electrons. The molecule has 0 fully saturated rings. The zero-order chi connectivity index (χ0) is 26.0. The number of rotatable bonds is 8. The van der Waals surface area contributed by atoms with Crippen LogP contribution < -0.4 is 16.2 Å². The number of amides is 2. The first kappa shape index (κ1) is 25.4. The van der Waals surface area contributed by atoms with E-state index in [9.17, 15) is 14.4 Å². The molecule has 0 aliphatic heterocycles. The summed E-state index contributed by atoms with van der Waals surface area (Å²) in [6.45, 7) is 10.2. The Labute approximate surface area is 213 Å². The lowest BCUT2D eigenvalue weighted by Crippen LogP contribution is -2.30. The van der Waals surface area contributed by atoms with Crippen LogP contribution in [0.1, 0.15) is 43.6 Å². The minimum absolute atomic E-state index is 0.0276. The van der Waals surface area contributed by atoms with Crippen LogP contribution in [-0.2, 0) is 11.3 Å². The number of aryl methyl sites for hydroxylation is 1. The molecule has 2 aromatic heterocycles. The quantitative estimate of drug-likeness (QED) is 0.351. The molecule has 0 unspecified atom stereocenters. The molecule has 2 amide bonds. The fourth-order valence-corrected chi connectivity index (χ4v) is 4.68. The van der Waals surface area contributed by atoms with Gasteiger partial charge >= 0.3 is 0 Å². The smallest absolute Gasteiger partial charge is 0.262 e. The number of thioether (sulfide) groups is 1. The van der Waals surface area contributed by atoms with E-state index in [0.29, 0.717) is 33.9 Å². The molecule has 36 heavy (non-hydrogen) atoms. The molecule has 0 aliphatic rings. The van der Waals surface area contributed by atoms with E-state index in [0.717, 1.165) is 11.3 Å². The second kappa shape index (κ2) is 10.5. The highest BCUT2D eigenvalue weighted by atomic mass is 32.2. The molecular formula is C26H30N6O3S. The Morgan fingerprint density at radius 2 is 1.83 bits per heavy atom. The number of carbonyl (C=O) groups excluding carboxylic acids is 2. The topological polar surface area (TPSA) is 110 Å². The molecule has 0 saturated carbocycles. The standard InChI is InChI=1S/C26H30N6O3S/c1-15(2)13-31-24(35)20-10-9-18(23(34)27-16(3)4)12-21(20)32-25(31)29-30-26(32)36-14-22(33)28-19-8-6-7-17(5)11-19/h6-12,15-16H,13-14H2,1-5H3,(H,27,34)(H,28,33). The normalized spacial score (nSPS) is 11.5. The molecule has 0 aliphatic carbocycles. The molecule has 4 rings (SSSR count). The predicted molar refractivity (Wildman–Crippen MR) is 143 cm³/mol. The highest BCUT2D eigenvalue weighted by Crippen LogP contribution is 2.23. The molecule has 2 N–H and O–H groups in total. The van der Waals surface area contributed by atoms with E-state index in [2.05, 4.69) is 20.8 Å². The van der Waals surface area contributed by atoms with E-state index < -0.39 is 0 Å². The lowest BCUT2D eigenvalue weighted by atomic mass is 10.1. The average molecular weight is 507 g/mol. The largest absolute Gasteiger partial charge is 0.350 e. The Hall–Kier alpha value is -3.66. The molecule has 2 heterocycles. The number of hydrogen-bond acceptors (Lipinski definition) is 6. The third kappa shape index (κ3) is 5.43. The van der Waals surface area contributed by atoms with Crippen molar-refractivity contribution >= 4 is 45.9 Å². The lowest BCUT2D eigenvalue weighted by Gasteiger charge is -2.14. The van der Waals surface area contributed by atoms with Crippen LogP contribution in [0.15, 0.2) is 52.4 Å².